The van der Waals surface area contributed by atoms with Gasteiger partial charge >= 0.3 is 0 Å². The number of aromatic amines is 1. The Morgan fingerprint density at radius 3 is 2.90 bits per heavy atom. The lowest BCUT2D eigenvalue weighted by Gasteiger charge is -2.16. The number of aldehydes is 1. The highest BCUT2D eigenvalue weighted by Gasteiger charge is 2.16. The van der Waals surface area contributed by atoms with Gasteiger partial charge in [-0.25, -0.2) is 9.97 Å². The molecule has 0 amide bonds. The van der Waals surface area contributed by atoms with Crippen LogP contribution in [0.25, 0.3) is 32.9 Å². The minimum absolute atomic E-state index is 0.115. The molecule has 160 valence electrons. The minimum Gasteiger partial charge on any atom is -0.361 e. The second-order valence-electron chi connectivity index (χ2n) is 8.57. The Bertz CT molecular complexity index is 1290. The van der Waals surface area contributed by atoms with Crippen molar-refractivity contribution in [3.63, 3.8) is 0 Å². The summed E-state index contributed by atoms with van der Waals surface area (Å²) in [4.78, 5) is 36.7. The van der Waals surface area contributed by atoms with Gasteiger partial charge in [-0.15, -0.1) is 11.3 Å². The molecule has 0 aliphatic heterocycles. The van der Waals surface area contributed by atoms with Gasteiger partial charge in [-0.1, -0.05) is 19.6 Å². The van der Waals surface area contributed by atoms with E-state index in [1.54, 1.807) is 12.3 Å². The summed E-state index contributed by atoms with van der Waals surface area (Å²) in [7, 11) is -1.22. The van der Waals surface area contributed by atoms with Crippen molar-refractivity contribution in [3.8, 4) is 21.8 Å². The van der Waals surface area contributed by atoms with Crippen molar-refractivity contribution in [2.24, 2.45) is 0 Å². The number of carbonyl (C=O) groups excluding carboxylic acids is 1. The third-order valence-electron chi connectivity index (χ3n) is 4.93. The first-order valence-corrected chi connectivity index (χ1v) is 14.6. The van der Waals surface area contributed by atoms with Crippen LogP contribution in [-0.2, 0) is 11.5 Å². The zero-order valence-corrected chi connectivity index (χ0v) is 19.5. The van der Waals surface area contributed by atoms with Crippen LogP contribution in [0.4, 0.5) is 0 Å². The van der Waals surface area contributed by atoms with E-state index in [2.05, 4.69) is 34.6 Å². The lowest BCUT2D eigenvalue weighted by atomic mass is 10.2. The fraction of sp³-hybridized carbons (Fsp3) is 0.273. The van der Waals surface area contributed by atoms with Gasteiger partial charge in [0.15, 0.2) is 6.29 Å². The van der Waals surface area contributed by atoms with Crippen LogP contribution in [0.2, 0.25) is 25.7 Å². The van der Waals surface area contributed by atoms with Gasteiger partial charge in [0.2, 0.25) is 0 Å². The molecule has 0 aliphatic carbocycles. The van der Waals surface area contributed by atoms with Crippen molar-refractivity contribution in [1.82, 2.24) is 19.5 Å². The van der Waals surface area contributed by atoms with Crippen LogP contribution in [0, 0.1) is 0 Å². The lowest BCUT2D eigenvalue weighted by molar-refractivity contribution is 0.0846. The summed E-state index contributed by atoms with van der Waals surface area (Å²) >= 11 is 1.37. The largest absolute Gasteiger partial charge is 0.361 e. The lowest BCUT2D eigenvalue weighted by Crippen LogP contribution is -2.25. The van der Waals surface area contributed by atoms with Crippen LogP contribution in [0.15, 0.2) is 47.0 Å². The van der Waals surface area contributed by atoms with Crippen molar-refractivity contribution in [2.45, 2.75) is 32.4 Å². The predicted molar refractivity (Wildman–Crippen MR) is 126 cm³/mol. The molecule has 0 atom stereocenters. The highest BCUT2D eigenvalue weighted by atomic mass is 32.1. The zero-order valence-electron chi connectivity index (χ0n) is 17.7. The number of nitrogens with zero attached hydrogens (tertiary/aromatic N) is 3. The molecule has 4 aromatic rings. The van der Waals surface area contributed by atoms with Gasteiger partial charge < -0.3 is 9.72 Å². The Labute approximate surface area is 184 Å². The number of carbonyl (C=O) groups is 1. The Kier molecular flexibility index (Phi) is 5.99. The second-order valence-corrected chi connectivity index (χ2v) is 15.0. The van der Waals surface area contributed by atoms with E-state index in [4.69, 9.17) is 4.74 Å². The number of pyridine rings is 2. The number of H-pyrrole nitrogens is 1. The summed E-state index contributed by atoms with van der Waals surface area (Å²) in [5.41, 5.74) is 3.05. The summed E-state index contributed by atoms with van der Waals surface area (Å²) in [6.07, 6.45) is 5.87. The maximum Gasteiger partial charge on any atom is 0.262 e. The predicted octanol–water partition coefficient (Wildman–Crippen LogP) is 4.64. The number of aromatic nitrogens is 4. The van der Waals surface area contributed by atoms with E-state index >= 15 is 0 Å². The van der Waals surface area contributed by atoms with E-state index in [0.29, 0.717) is 22.7 Å². The molecule has 0 radical (unpaired) electrons. The zero-order chi connectivity index (χ0) is 22.0. The Morgan fingerprint density at radius 1 is 1.29 bits per heavy atom. The molecule has 4 heterocycles. The van der Waals surface area contributed by atoms with Gasteiger partial charge in [-0.2, -0.15) is 0 Å². The average Bonchev–Trinajstić information content (AvgIpc) is 3.38. The summed E-state index contributed by atoms with van der Waals surface area (Å²) < 4.78 is 7.18. The molecule has 0 spiro atoms. The molecular formula is C22H24N4O3SSi. The van der Waals surface area contributed by atoms with Gasteiger partial charge in [-0.3, -0.25) is 14.2 Å². The first-order chi connectivity index (χ1) is 14.9. The van der Waals surface area contributed by atoms with Crippen LogP contribution in [0.1, 0.15) is 10.4 Å². The Morgan fingerprint density at radius 2 is 2.13 bits per heavy atom. The molecule has 31 heavy (non-hydrogen) atoms. The summed E-state index contributed by atoms with van der Waals surface area (Å²) in [6, 6.07) is 6.46. The van der Waals surface area contributed by atoms with Crippen molar-refractivity contribution in [2.75, 3.05) is 6.61 Å². The monoisotopic (exact) mass is 452 g/mol. The second kappa shape index (κ2) is 8.70. The van der Waals surface area contributed by atoms with Crippen molar-refractivity contribution in [1.29, 1.82) is 0 Å². The topological polar surface area (TPSA) is 89.9 Å². The maximum atomic E-state index is 13.1. The molecular weight excluding hydrogens is 428 g/mol. The fourth-order valence-electron chi connectivity index (χ4n) is 3.20. The first-order valence-electron chi connectivity index (χ1n) is 10.0. The number of thiazole rings is 1. The molecule has 0 saturated heterocycles. The van der Waals surface area contributed by atoms with Gasteiger partial charge in [-0.05, 0) is 24.2 Å². The molecule has 0 bridgehead atoms. The normalized spacial score (nSPS) is 11.8. The highest BCUT2D eigenvalue weighted by molar-refractivity contribution is 7.13. The molecule has 7 nitrogen and oxygen atoms in total. The van der Waals surface area contributed by atoms with Crippen LogP contribution in [0.5, 0.6) is 0 Å². The Hall–Kier alpha value is -2.88. The highest BCUT2D eigenvalue weighted by Crippen LogP contribution is 2.31. The van der Waals surface area contributed by atoms with E-state index in [0.717, 1.165) is 34.6 Å². The molecule has 0 aliphatic rings. The molecule has 0 aromatic carbocycles. The number of ether oxygens (including phenoxy) is 1. The molecule has 9 heteroatoms. The maximum absolute atomic E-state index is 13.1. The van der Waals surface area contributed by atoms with E-state index in [1.807, 2.05) is 23.7 Å². The van der Waals surface area contributed by atoms with Crippen molar-refractivity contribution < 1.29 is 9.53 Å². The standard InChI is InChI=1S/C22H24N4O3SSi/c1-31(2,3)8-7-29-14-26-11-15(12-27)9-17(22(26)28)21-25-19(13-30-21)18-10-24-20-16(18)5-4-6-23-20/h4-6,9-13H,7-8,14H2,1-3H3,(H,23,24). The van der Waals surface area contributed by atoms with E-state index < -0.39 is 8.07 Å². The number of fused-ring (bicyclic) bond motifs is 1. The van der Waals surface area contributed by atoms with Gasteiger partial charge in [0, 0.05) is 55.2 Å². The number of hydrogen-bond donors (Lipinski definition) is 1. The molecule has 0 unspecified atom stereocenters. The summed E-state index contributed by atoms with van der Waals surface area (Å²) in [6.45, 7) is 7.54. The van der Waals surface area contributed by atoms with Crippen molar-refractivity contribution >= 4 is 36.7 Å². The smallest absolute Gasteiger partial charge is 0.262 e. The van der Waals surface area contributed by atoms with Crippen LogP contribution >= 0.6 is 11.3 Å². The molecule has 4 rings (SSSR count). The minimum atomic E-state index is -1.22. The summed E-state index contributed by atoms with van der Waals surface area (Å²) in [5, 5.41) is 3.44. The molecule has 0 saturated carbocycles. The molecule has 1 N–H and O–H groups in total. The van der Waals surface area contributed by atoms with E-state index in [1.165, 1.54) is 22.1 Å². The number of rotatable bonds is 8. The average molecular weight is 453 g/mol. The van der Waals surface area contributed by atoms with Gasteiger partial charge in [0.25, 0.3) is 5.56 Å². The number of hydrogen-bond acceptors (Lipinski definition) is 6. The van der Waals surface area contributed by atoms with Crippen LogP contribution in [-0.4, -0.2) is 40.5 Å². The molecule has 4 aromatic heterocycles. The van der Waals surface area contributed by atoms with E-state index in [-0.39, 0.29) is 12.3 Å². The van der Waals surface area contributed by atoms with Gasteiger partial charge in [0.1, 0.15) is 17.4 Å². The summed E-state index contributed by atoms with van der Waals surface area (Å²) in [5.74, 6) is 0. The third-order valence-corrected chi connectivity index (χ3v) is 7.51. The SMILES string of the molecule is C[Si](C)(C)CCOCn1cc(C=O)cc(-c2nc(-c3c[nH]c4ncccc34)cs2)c1=O. The fourth-order valence-corrected chi connectivity index (χ4v) is 4.79. The van der Waals surface area contributed by atoms with Crippen LogP contribution in [0.3, 0.4) is 0 Å². The van der Waals surface area contributed by atoms with Gasteiger partial charge in [0.05, 0.1) is 11.3 Å². The number of nitrogens with one attached hydrogen (secondary N) is 1. The van der Waals surface area contributed by atoms with Crippen LogP contribution < -0.4 is 5.56 Å². The Balaban J connectivity index is 1.64. The van der Waals surface area contributed by atoms with Crippen molar-refractivity contribution in [3.05, 3.63) is 58.1 Å². The molecule has 0 fully saturated rings. The first kappa shape index (κ1) is 21.4. The third kappa shape index (κ3) is 4.73. The van der Waals surface area contributed by atoms with E-state index in [9.17, 15) is 9.59 Å². The quantitative estimate of drug-likeness (QED) is 0.239.